The third-order valence-corrected chi connectivity index (χ3v) is 4.32. The summed E-state index contributed by atoms with van der Waals surface area (Å²) in [5, 5.41) is 5.86. The van der Waals surface area contributed by atoms with Crippen molar-refractivity contribution >= 4 is 23.2 Å². The van der Waals surface area contributed by atoms with Crippen LogP contribution in [0.25, 0.3) is 0 Å². The number of rotatable bonds is 4. The number of ether oxygens (including phenoxy) is 4. The standard InChI is InChI=1S/C20H16N4O5/c25-19(22-12-1-3-15-17(9-12)27-8-7-26-15)14-5-6-21-20(24-14)23-13-2-4-16-18(10-13)29-11-28-16/h1-6,9-10H,7-8,11H2,(H,22,25)(H,21,23,24). The highest BCUT2D eigenvalue weighted by molar-refractivity contribution is 6.03. The number of anilines is 3. The minimum Gasteiger partial charge on any atom is -0.486 e. The van der Waals surface area contributed by atoms with E-state index in [0.717, 1.165) is 5.69 Å². The SMILES string of the molecule is O=C(Nc1ccc2c(c1)OCCO2)c1ccnc(Nc2ccc3c(c2)OCO3)n1. The summed E-state index contributed by atoms with van der Waals surface area (Å²) < 4.78 is 21.7. The van der Waals surface area contributed by atoms with Crippen molar-refractivity contribution in [3.05, 3.63) is 54.4 Å². The quantitative estimate of drug-likeness (QED) is 0.698. The number of nitrogens with one attached hydrogen (secondary N) is 2. The fraction of sp³-hybridized carbons (Fsp3) is 0.150. The zero-order valence-corrected chi connectivity index (χ0v) is 15.2. The molecule has 2 aliphatic rings. The van der Waals surface area contributed by atoms with Gasteiger partial charge in [0.05, 0.1) is 0 Å². The van der Waals surface area contributed by atoms with Crippen LogP contribution in [0.3, 0.4) is 0 Å². The van der Waals surface area contributed by atoms with Gasteiger partial charge in [-0.25, -0.2) is 9.97 Å². The molecule has 2 aliphatic heterocycles. The molecular weight excluding hydrogens is 376 g/mol. The molecule has 146 valence electrons. The molecule has 0 radical (unpaired) electrons. The maximum atomic E-state index is 12.6. The molecule has 2 N–H and O–H groups in total. The highest BCUT2D eigenvalue weighted by Gasteiger charge is 2.16. The number of hydrogen-bond donors (Lipinski definition) is 2. The summed E-state index contributed by atoms with van der Waals surface area (Å²) in [4.78, 5) is 21.0. The largest absolute Gasteiger partial charge is 0.486 e. The number of fused-ring (bicyclic) bond motifs is 2. The van der Waals surface area contributed by atoms with Crippen molar-refractivity contribution in [2.75, 3.05) is 30.6 Å². The molecule has 0 saturated carbocycles. The summed E-state index contributed by atoms with van der Waals surface area (Å²) >= 11 is 0. The summed E-state index contributed by atoms with van der Waals surface area (Å²) in [6.45, 7) is 1.19. The number of nitrogens with zero attached hydrogens (tertiary/aromatic N) is 2. The Bertz CT molecular complexity index is 1090. The number of aromatic nitrogens is 2. The average Bonchev–Trinajstić information content (AvgIpc) is 3.22. The number of hydrogen-bond acceptors (Lipinski definition) is 8. The number of benzene rings is 2. The number of amides is 1. The lowest BCUT2D eigenvalue weighted by molar-refractivity contribution is 0.102. The zero-order chi connectivity index (χ0) is 19.6. The first-order valence-electron chi connectivity index (χ1n) is 8.95. The smallest absolute Gasteiger partial charge is 0.274 e. The lowest BCUT2D eigenvalue weighted by Crippen LogP contribution is -2.17. The van der Waals surface area contributed by atoms with Crippen LogP contribution in [0.4, 0.5) is 17.3 Å². The Labute approximate surface area is 165 Å². The van der Waals surface area contributed by atoms with Crippen molar-refractivity contribution in [3.8, 4) is 23.0 Å². The normalized spacial score (nSPS) is 13.7. The lowest BCUT2D eigenvalue weighted by atomic mass is 10.2. The predicted molar refractivity (Wildman–Crippen MR) is 103 cm³/mol. The van der Waals surface area contributed by atoms with E-state index in [1.807, 2.05) is 6.07 Å². The summed E-state index contributed by atoms with van der Waals surface area (Å²) in [7, 11) is 0. The Morgan fingerprint density at radius 2 is 1.52 bits per heavy atom. The minimum absolute atomic E-state index is 0.199. The molecule has 9 heteroatoms. The van der Waals surface area contributed by atoms with Crippen LogP contribution in [0.15, 0.2) is 48.7 Å². The van der Waals surface area contributed by atoms with Gasteiger partial charge in [-0.2, -0.15) is 0 Å². The van der Waals surface area contributed by atoms with Crippen LogP contribution in [0.2, 0.25) is 0 Å². The van der Waals surface area contributed by atoms with Crippen LogP contribution in [0, 0.1) is 0 Å². The molecule has 5 rings (SSSR count). The van der Waals surface area contributed by atoms with Gasteiger partial charge in [-0.1, -0.05) is 0 Å². The second kappa shape index (κ2) is 7.19. The maximum Gasteiger partial charge on any atom is 0.274 e. The van der Waals surface area contributed by atoms with Crippen LogP contribution >= 0.6 is 0 Å². The molecular formula is C20H16N4O5. The maximum absolute atomic E-state index is 12.6. The molecule has 2 aromatic carbocycles. The summed E-state index contributed by atoms with van der Waals surface area (Å²) in [6.07, 6.45) is 1.51. The van der Waals surface area contributed by atoms with Crippen LogP contribution < -0.4 is 29.6 Å². The monoisotopic (exact) mass is 392 g/mol. The second-order valence-corrected chi connectivity index (χ2v) is 6.27. The molecule has 0 bridgehead atoms. The Hall–Kier alpha value is -4.01. The van der Waals surface area contributed by atoms with E-state index in [-0.39, 0.29) is 18.4 Å². The molecule has 0 aliphatic carbocycles. The number of carbonyl (C=O) groups excluding carboxylic acids is 1. The van der Waals surface area contributed by atoms with Crippen molar-refractivity contribution in [1.29, 1.82) is 0 Å². The molecule has 0 spiro atoms. The van der Waals surface area contributed by atoms with Crippen molar-refractivity contribution in [2.24, 2.45) is 0 Å². The molecule has 0 atom stereocenters. The van der Waals surface area contributed by atoms with Gasteiger partial charge in [-0.15, -0.1) is 0 Å². The Balaban J connectivity index is 1.31. The highest BCUT2D eigenvalue weighted by atomic mass is 16.7. The first-order valence-corrected chi connectivity index (χ1v) is 8.95. The fourth-order valence-corrected chi connectivity index (χ4v) is 2.97. The molecule has 0 fully saturated rings. The molecule has 3 aromatic rings. The first kappa shape index (κ1) is 17.1. The van der Waals surface area contributed by atoms with E-state index < -0.39 is 0 Å². The van der Waals surface area contributed by atoms with Gasteiger partial charge in [0.15, 0.2) is 23.0 Å². The van der Waals surface area contributed by atoms with E-state index >= 15 is 0 Å². The summed E-state index contributed by atoms with van der Waals surface area (Å²) in [5.41, 5.74) is 1.53. The van der Waals surface area contributed by atoms with Crippen molar-refractivity contribution in [3.63, 3.8) is 0 Å². The van der Waals surface area contributed by atoms with E-state index in [0.29, 0.717) is 47.8 Å². The Morgan fingerprint density at radius 1 is 0.828 bits per heavy atom. The molecule has 29 heavy (non-hydrogen) atoms. The molecule has 3 heterocycles. The fourth-order valence-electron chi connectivity index (χ4n) is 2.97. The lowest BCUT2D eigenvalue weighted by Gasteiger charge is -2.19. The first-order chi connectivity index (χ1) is 14.2. The van der Waals surface area contributed by atoms with E-state index in [1.54, 1.807) is 30.3 Å². The third kappa shape index (κ3) is 3.57. The van der Waals surface area contributed by atoms with E-state index in [9.17, 15) is 4.79 Å². The minimum atomic E-state index is -0.363. The van der Waals surface area contributed by atoms with Crippen molar-refractivity contribution < 1.29 is 23.7 Å². The Morgan fingerprint density at radius 3 is 2.41 bits per heavy atom. The molecule has 1 aromatic heterocycles. The molecule has 1 amide bonds. The Kier molecular flexibility index (Phi) is 4.24. The van der Waals surface area contributed by atoms with E-state index in [1.165, 1.54) is 12.3 Å². The van der Waals surface area contributed by atoms with Gasteiger partial charge < -0.3 is 29.6 Å². The zero-order valence-electron chi connectivity index (χ0n) is 15.2. The van der Waals surface area contributed by atoms with E-state index in [4.69, 9.17) is 18.9 Å². The van der Waals surface area contributed by atoms with Gasteiger partial charge >= 0.3 is 0 Å². The van der Waals surface area contributed by atoms with Gasteiger partial charge in [-0.3, -0.25) is 4.79 Å². The van der Waals surface area contributed by atoms with Crippen molar-refractivity contribution in [1.82, 2.24) is 9.97 Å². The second-order valence-electron chi connectivity index (χ2n) is 6.27. The summed E-state index contributed by atoms with van der Waals surface area (Å²) in [6, 6.07) is 12.2. The molecule has 9 nitrogen and oxygen atoms in total. The van der Waals surface area contributed by atoms with Gasteiger partial charge in [0.1, 0.15) is 18.9 Å². The third-order valence-electron chi connectivity index (χ3n) is 4.32. The van der Waals surface area contributed by atoms with Crippen LogP contribution in [0.5, 0.6) is 23.0 Å². The molecule has 0 saturated heterocycles. The van der Waals surface area contributed by atoms with Gasteiger partial charge in [-0.05, 0) is 30.3 Å². The topological polar surface area (TPSA) is 104 Å². The van der Waals surface area contributed by atoms with E-state index in [2.05, 4.69) is 20.6 Å². The summed E-state index contributed by atoms with van der Waals surface area (Å²) in [5.74, 6) is 2.51. The van der Waals surface area contributed by atoms with Crippen LogP contribution in [-0.4, -0.2) is 35.9 Å². The van der Waals surface area contributed by atoms with Crippen LogP contribution in [0.1, 0.15) is 10.5 Å². The van der Waals surface area contributed by atoms with Gasteiger partial charge in [0, 0.05) is 29.7 Å². The predicted octanol–water partition coefficient (Wildman–Crippen LogP) is 2.97. The van der Waals surface area contributed by atoms with Crippen molar-refractivity contribution in [2.45, 2.75) is 0 Å². The average molecular weight is 392 g/mol. The highest BCUT2D eigenvalue weighted by Crippen LogP contribution is 2.35. The van der Waals surface area contributed by atoms with Gasteiger partial charge in [0.25, 0.3) is 5.91 Å². The number of carbonyl (C=O) groups is 1. The molecule has 0 unspecified atom stereocenters. The van der Waals surface area contributed by atoms with Crippen LogP contribution in [-0.2, 0) is 0 Å². The van der Waals surface area contributed by atoms with Gasteiger partial charge in [0.2, 0.25) is 12.7 Å².